The van der Waals surface area contributed by atoms with Crippen molar-refractivity contribution in [2.24, 2.45) is 0 Å². The number of hydrogen-bond donors (Lipinski definition) is 6. The highest BCUT2D eigenvalue weighted by Crippen LogP contribution is 2.37. The molecular weight excluding hydrogens is 1560 g/mol. The summed E-state index contributed by atoms with van der Waals surface area (Å²) in [6, 6.07) is 64.0. The Morgan fingerprint density at radius 3 is 1.05 bits per heavy atom. The molecule has 0 saturated heterocycles. The van der Waals surface area contributed by atoms with Gasteiger partial charge in [-0.25, -0.2) is 13.2 Å². The second-order valence-electron chi connectivity index (χ2n) is 24.4. The van der Waals surface area contributed by atoms with Gasteiger partial charge >= 0.3 is 0 Å². The molecule has 18 rings (SSSR count). The average molecular weight is 1630 g/mol. The van der Waals surface area contributed by atoms with Gasteiger partial charge in [-0.1, -0.05) is 54.9 Å². The van der Waals surface area contributed by atoms with Crippen LogP contribution in [0.25, 0.3) is 98.5 Å². The minimum absolute atomic E-state index is 0. The van der Waals surface area contributed by atoms with E-state index in [1.54, 1.807) is 60.0 Å². The summed E-state index contributed by atoms with van der Waals surface area (Å²) in [5.41, 5.74) is 14.4. The van der Waals surface area contributed by atoms with Crippen molar-refractivity contribution in [3.8, 4) is 34.5 Å². The molecule has 24 heteroatoms. The summed E-state index contributed by atoms with van der Waals surface area (Å²) < 4.78 is 65.7. The van der Waals surface area contributed by atoms with Gasteiger partial charge in [0, 0.05) is 97.1 Å². The smallest absolute Gasteiger partial charge is 0.258 e. The molecule has 12 heterocycles. The van der Waals surface area contributed by atoms with Gasteiger partial charge in [0.05, 0.1) is 59.9 Å². The summed E-state index contributed by atoms with van der Waals surface area (Å²) in [6.45, 7) is 11.1. The van der Waals surface area contributed by atoms with E-state index in [4.69, 9.17) is 23.2 Å². The molecule has 0 bridgehead atoms. The molecule has 109 heavy (non-hydrogen) atoms. The lowest BCUT2D eigenvalue weighted by Gasteiger charge is -2.05. The lowest BCUT2D eigenvalue weighted by Crippen LogP contribution is -3.00. The van der Waals surface area contributed by atoms with E-state index < -0.39 is 5.82 Å². The monoisotopic (exact) mass is 1630 g/mol. The van der Waals surface area contributed by atoms with Gasteiger partial charge in [0.1, 0.15) is 67.7 Å². The fraction of sp³-hybridized carbons (Fsp3) is 0.0824. The van der Waals surface area contributed by atoms with Crippen molar-refractivity contribution in [1.82, 2.24) is 0 Å². The van der Waals surface area contributed by atoms with Crippen LogP contribution in [0.4, 0.5) is 17.6 Å². The standard InChI is InChI=1S/2C14H10ClNO.4C14H10FNO.CH4.6ClH/c1-9-12-7-2-3-8-16(12)13-10(14(9)17)5-4-6-11(13)15;1-9-11-6-2-3-8-16(11)12-7-4-5-10(15)13(12)14(9)17;1-9-12-7-2-3-8-16(12)13-10(14(9)17)5-4-6-11(13)15;1-9-11-6-2-3-8-16(11)12-7-4-5-10(15)13(12)14(9)17;1-9-12-4-2-3-7-16(12)13-6-5-10(15)8-11(13)14(9)17;1-9-12-4-2-3-7-16(12)13-8-10(15)5-6-11(13)14(9)17;;;;;;;/h6*2-8H,1H3;1H4;6*1H. The molecule has 0 radical (unpaired) electrons. The maximum absolute atomic E-state index is 13.9. The summed E-state index contributed by atoms with van der Waals surface area (Å²) in [7, 11) is 0. The number of pyridine rings is 12. The minimum atomic E-state index is -0.402. The maximum Gasteiger partial charge on any atom is 0.258 e. The SMILES string of the molecule is C.Cc1c(O)c2c(Cl)cccc2[n+]2ccccc12.Cc1c(O)c2c(F)cccc2[n+]2ccccc12.Cc1c(O)c2cc(F)ccc2[n+]2ccccc12.Cc1c(O)c2ccc(F)cc2[n+]2ccccc12.Cc1c(O)c2cccc(Cl)c2[n+]2ccccc12.Cc1c(O)c2cccc(F)c2[n+]2ccccc12.[Cl-].[Cl-].[Cl-].[Cl-].[Cl-].[Cl-]. The van der Waals surface area contributed by atoms with Gasteiger partial charge in [-0.15, -0.1) is 0 Å². The molecule has 0 spiro atoms. The van der Waals surface area contributed by atoms with Crippen molar-refractivity contribution in [3.63, 3.8) is 0 Å². The molecule has 0 saturated carbocycles. The van der Waals surface area contributed by atoms with Gasteiger partial charge < -0.3 is 105 Å². The van der Waals surface area contributed by atoms with E-state index in [2.05, 4.69) is 0 Å². The number of nitrogens with zero attached hydrogens (tertiary/aromatic N) is 6. The van der Waals surface area contributed by atoms with Gasteiger partial charge in [0.2, 0.25) is 60.7 Å². The Kier molecular flexibility index (Phi) is 29.4. The molecule has 0 aliphatic carbocycles. The first-order chi connectivity index (χ1) is 49.2. The lowest BCUT2D eigenvalue weighted by molar-refractivity contribution is -0.483. The molecule has 0 aliphatic heterocycles. The first-order valence-electron chi connectivity index (χ1n) is 32.4. The highest BCUT2D eigenvalue weighted by atomic mass is 35.5. The lowest BCUT2D eigenvalue weighted by atomic mass is 10.1. The number of aryl methyl sites for hydroxylation is 6. The third-order valence-corrected chi connectivity index (χ3v) is 19.1. The van der Waals surface area contributed by atoms with Gasteiger partial charge in [0.25, 0.3) is 5.52 Å². The number of fused-ring (bicyclic) bond motifs is 18. The highest BCUT2D eigenvalue weighted by molar-refractivity contribution is 6.36. The Morgan fingerprint density at radius 1 is 0.248 bits per heavy atom. The number of benzene rings is 6. The number of aromatic hydroxyl groups is 6. The molecule has 0 aliphatic rings. The zero-order chi connectivity index (χ0) is 71.9. The molecular formula is C85H70Cl8F4N6O6. The van der Waals surface area contributed by atoms with E-state index in [0.717, 1.165) is 82.9 Å². The van der Waals surface area contributed by atoms with Gasteiger partial charge in [0.15, 0.2) is 43.0 Å². The van der Waals surface area contributed by atoms with Crippen LogP contribution in [-0.2, 0) is 0 Å². The van der Waals surface area contributed by atoms with E-state index in [-0.39, 0.29) is 133 Å². The van der Waals surface area contributed by atoms with Crippen LogP contribution in [0, 0.1) is 64.8 Å². The maximum atomic E-state index is 13.9. The Bertz CT molecular complexity index is 6110. The second kappa shape index (κ2) is 36.6. The fourth-order valence-electron chi connectivity index (χ4n) is 13.2. The molecule has 6 N–H and O–H groups in total. The van der Waals surface area contributed by atoms with Crippen LogP contribution in [0.3, 0.4) is 0 Å². The Morgan fingerprint density at radius 2 is 0.560 bits per heavy atom. The molecule has 12 nitrogen and oxygen atoms in total. The molecule has 12 aromatic heterocycles. The van der Waals surface area contributed by atoms with Crippen molar-refractivity contribution in [3.05, 3.63) is 322 Å². The highest BCUT2D eigenvalue weighted by Gasteiger charge is 2.26. The number of aromatic nitrogens is 6. The van der Waals surface area contributed by atoms with Gasteiger partial charge in [-0.05, 0) is 139 Å². The Labute approximate surface area is 671 Å². The van der Waals surface area contributed by atoms with E-state index in [0.29, 0.717) is 59.5 Å². The molecule has 0 amide bonds. The zero-order valence-corrected chi connectivity index (χ0v) is 64.2. The number of halogens is 12. The van der Waals surface area contributed by atoms with E-state index >= 15 is 0 Å². The van der Waals surface area contributed by atoms with Gasteiger partial charge in [-0.3, -0.25) is 0 Å². The molecule has 18 aromatic rings. The van der Waals surface area contributed by atoms with Crippen LogP contribution in [0.5, 0.6) is 34.5 Å². The number of para-hydroxylation sites is 2. The van der Waals surface area contributed by atoms with Crippen LogP contribution in [0.2, 0.25) is 10.0 Å². The second-order valence-corrected chi connectivity index (χ2v) is 25.3. The molecule has 6 aromatic carbocycles. The summed E-state index contributed by atoms with van der Waals surface area (Å²) in [6.07, 6.45) is 11.4. The first-order valence-corrected chi connectivity index (χ1v) is 33.1. The Hall–Kier alpha value is -10.5. The predicted octanol–water partition coefficient (Wildman–Crippen LogP) is 0.0784. The third-order valence-electron chi connectivity index (χ3n) is 18.5. The summed E-state index contributed by atoms with van der Waals surface area (Å²) >= 11 is 12.4. The average Bonchev–Trinajstić information content (AvgIpc) is 0.818. The number of rotatable bonds is 0. The minimum Gasteiger partial charge on any atom is -1.00 e. The van der Waals surface area contributed by atoms with Crippen LogP contribution in [-0.4, -0.2) is 30.6 Å². The van der Waals surface area contributed by atoms with Crippen molar-refractivity contribution in [2.45, 2.75) is 49.0 Å². The van der Waals surface area contributed by atoms with Crippen molar-refractivity contribution in [2.75, 3.05) is 0 Å². The molecule has 0 atom stereocenters. The summed E-state index contributed by atoms with van der Waals surface area (Å²) in [4.78, 5) is 0. The van der Waals surface area contributed by atoms with Crippen LogP contribution >= 0.6 is 23.2 Å². The van der Waals surface area contributed by atoms with E-state index in [1.807, 2.05) is 227 Å². The van der Waals surface area contributed by atoms with Crippen molar-refractivity contribution in [1.29, 1.82) is 0 Å². The number of hydrogen-bond acceptors (Lipinski definition) is 6. The zero-order valence-electron chi connectivity index (χ0n) is 58.2. The Balaban J connectivity index is 0.000000202. The normalized spacial score (nSPS) is 10.5. The van der Waals surface area contributed by atoms with Gasteiger partial charge in [-0.2, -0.15) is 30.8 Å². The van der Waals surface area contributed by atoms with Crippen LogP contribution < -0.4 is 101 Å². The molecule has 0 fully saturated rings. The van der Waals surface area contributed by atoms with Crippen molar-refractivity contribution < 1.29 is 149 Å². The fourth-order valence-corrected chi connectivity index (χ4v) is 13.8. The van der Waals surface area contributed by atoms with Crippen molar-refractivity contribution >= 4 is 122 Å². The predicted molar refractivity (Wildman–Crippen MR) is 398 cm³/mol. The van der Waals surface area contributed by atoms with E-state index in [1.165, 1.54) is 36.4 Å². The topological polar surface area (TPSA) is 146 Å². The largest absolute Gasteiger partial charge is 1.00 e. The third kappa shape index (κ3) is 16.3. The van der Waals surface area contributed by atoms with E-state index in [9.17, 15) is 48.2 Å². The molecule has 560 valence electrons. The van der Waals surface area contributed by atoms with Crippen LogP contribution in [0.1, 0.15) is 40.8 Å². The summed E-state index contributed by atoms with van der Waals surface area (Å²) in [5, 5.41) is 65.5. The first kappa shape index (κ1) is 87.4. The molecule has 0 unspecified atom stereocenters. The quantitative estimate of drug-likeness (QED) is 0.0722. The summed E-state index contributed by atoms with van der Waals surface area (Å²) in [5.74, 6) is -0.306. The van der Waals surface area contributed by atoms with Crippen LogP contribution in [0.15, 0.2) is 256 Å².